The third kappa shape index (κ3) is 3.56. The van der Waals surface area contributed by atoms with Crippen LogP contribution < -0.4 is 5.69 Å². The summed E-state index contributed by atoms with van der Waals surface area (Å²) >= 11 is 0. The fraction of sp³-hybridized carbons (Fsp3) is 0.267. The van der Waals surface area contributed by atoms with Gasteiger partial charge in [0.1, 0.15) is 0 Å². The minimum absolute atomic E-state index is 0.0146. The van der Waals surface area contributed by atoms with E-state index in [1.807, 2.05) is 71.1 Å². The molecule has 0 unspecified atom stereocenters. The number of piperidine rings is 1. The maximum absolute atomic E-state index is 13.9. The Bertz CT molecular complexity index is 1630. The van der Waals surface area contributed by atoms with Crippen molar-refractivity contribution in [3.05, 3.63) is 106 Å². The largest absolute Gasteiger partial charge is 0.340 e. The topological polar surface area (TPSA) is 52.2 Å². The second kappa shape index (κ2) is 8.86. The summed E-state index contributed by atoms with van der Waals surface area (Å²) in [5.41, 5.74) is 6.01. The minimum Gasteiger partial charge on any atom is -0.340 e. The Balaban J connectivity index is 1.29. The van der Waals surface area contributed by atoms with Crippen LogP contribution in [0, 0.1) is 6.92 Å². The van der Waals surface area contributed by atoms with Crippen LogP contribution in [0.15, 0.2) is 83.7 Å². The van der Waals surface area contributed by atoms with E-state index in [0.717, 1.165) is 52.6 Å². The Labute approximate surface area is 210 Å². The third-order valence-electron chi connectivity index (χ3n) is 7.74. The van der Waals surface area contributed by atoms with E-state index >= 15 is 0 Å². The van der Waals surface area contributed by atoms with Crippen molar-refractivity contribution in [2.45, 2.75) is 32.4 Å². The van der Waals surface area contributed by atoms with E-state index in [1.54, 1.807) is 4.57 Å². The van der Waals surface area contributed by atoms with Crippen molar-refractivity contribution >= 4 is 27.8 Å². The number of fused-ring (bicyclic) bond motifs is 2. The highest BCUT2D eigenvalue weighted by Gasteiger charge is 2.30. The van der Waals surface area contributed by atoms with Crippen LogP contribution in [0.2, 0.25) is 0 Å². The van der Waals surface area contributed by atoms with Crippen LogP contribution in [-0.2, 0) is 13.6 Å². The summed E-state index contributed by atoms with van der Waals surface area (Å²) in [6, 6.07) is 26.6. The molecule has 2 aromatic heterocycles. The highest BCUT2D eigenvalue weighted by molar-refractivity contribution is 6.08. The van der Waals surface area contributed by atoms with Gasteiger partial charge in [0.2, 0.25) is 0 Å². The zero-order valence-electron chi connectivity index (χ0n) is 20.7. The number of benzene rings is 3. The van der Waals surface area contributed by atoms with Gasteiger partial charge in [0.15, 0.2) is 0 Å². The number of rotatable bonds is 4. The molecule has 0 bridgehead atoms. The molecule has 1 saturated heterocycles. The van der Waals surface area contributed by atoms with E-state index in [1.165, 1.54) is 5.56 Å². The quantitative estimate of drug-likeness (QED) is 0.360. The maximum Gasteiger partial charge on any atom is 0.329 e. The van der Waals surface area contributed by atoms with E-state index in [-0.39, 0.29) is 17.6 Å². The van der Waals surface area contributed by atoms with Gasteiger partial charge in [0, 0.05) is 49.3 Å². The van der Waals surface area contributed by atoms with Gasteiger partial charge in [-0.15, -0.1) is 0 Å². The summed E-state index contributed by atoms with van der Waals surface area (Å²) in [6.07, 6.45) is 1.53. The van der Waals surface area contributed by atoms with Crippen LogP contribution in [0.1, 0.15) is 40.5 Å². The number of imidazole rings is 1. The van der Waals surface area contributed by atoms with Gasteiger partial charge in [-0.3, -0.25) is 13.9 Å². The van der Waals surface area contributed by atoms with Gasteiger partial charge in [0.25, 0.3) is 5.91 Å². The van der Waals surface area contributed by atoms with Crippen molar-refractivity contribution in [2.24, 2.45) is 7.05 Å². The monoisotopic (exact) mass is 478 g/mol. The minimum atomic E-state index is 0.0146. The van der Waals surface area contributed by atoms with Crippen molar-refractivity contribution in [2.75, 3.05) is 13.1 Å². The zero-order valence-corrected chi connectivity index (χ0v) is 20.7. The fourth-order valence-corrected chi connectivity index (χ4v) is 5.83. The molecule has 0 spiro atoms. The number of likely N-dealkylation sites (tertiary alicyclic amines) is 1. The summed E-state index contributed by atoms with van der Waals surface area (Å²) in [6.45, 7) is 4.05. The van der Waals surface area contributed by atoms with Crippen molar-refractivity contribution < 1.29 is 4.79 Å². The molecule has 1 fully saturated rings. The molecule has 182 valence electrons. The third-order valence-corrected chi connectivity index (χ3v) is 7.74. The number of carbonyl (C=O) groups is 1. The number of aryl methyl sites for hydroxylation is 1. The lowest BCUT2D eigenvalue weighted by Gasteiger charge is -2.32. The van der Waals surface area contributed by atoms with Crippen LogP contribution in [-0.4, -0.2) is 37.6 Å². The SMILES string of the molecule is Cc1c(C(=O)N2CCC(n3c(=O)n(C)c4ccccc43)CC2)c2ccccc2n1Cc1ccccc1. The molecule has 0 saturated carbocycles. The van der Waals surface area contributed by atoms with Gasteiger partial charge in [-0.05, 0) is 43.5 Å². The molecule has 0 aliphatic carbocycles. The molecule has 3 aromatic carbocycles. The van der Waals surface area contributed by atoms with Crippen molar-refractivity contribution in [3.63, 3.8) is 0 Å². The van der Waals surface area contributed by atoms with Crippen molar-refractivity contribution in [3.8, 4) is 0 Å². The average Bonchev–Trinajstić information content (AvgIpc) is 3.34. The Morgan fingerprint density at radius 1 is 0.833 bits per heavy atom. The normalized spacial score (nSPS) is 14.7. The van der Waals surface area contributed by atoms with Gasteiger partial charge in [0.05, 0.1) is 16.6 Å². The number of para-hydroxylation sites is 3. The Hall–Kier alpha value is -4.06. The lowest BCUT2D eigenvalue weighted by Crippen LogP contribution is -2.41. The number of hydrogen-bond donors (Lipinski definition) is 0. The average molecular weight is 479 g/mol. The van der Waals surface area contributed by atoms with Crippen LogP contribution in [0.3, 0.4) is 0 Å². The second-order valence-corrected chi connectivity index (χ2v) is 9.77. The van der Waals surface area contributed by atoms with E-state index < -0.39 is 0 Å². The molecule has 6 rings (SSSR count). The van der Waals surface area contributed by atoms with Crippen LogP contribution >= 0.6 is 0 Å². The molecule has 1 amide bonds. The summed E-state index contributed by atoms with van der Waals surface area (Å²) in [4.78, 5) is 28.8. The summed E-state index contributed by atoms with van der Waals surface area (Å²) in [5, 5.41) is 1.00. The first-order valence-corrected chi connectivity index (χ1v) is 12.6. The Morgan fingerprint density at radius 3 is 2.17 bits per heavy atom. The van der Waals surface area contributed by atoms with Crippen molar-refractivity contribution in [1.82, 2.24) is 18.6 Å². The Morgan fingerprint density at radius 2 is 1.44 bits per heavy atom. The van der Waals surface area contributed by atoms with Crippen LogP contribution in [0.25, 0.3) is 21.9 Å². The highest BCUT2D eigenvalue weighted by atomic mass is 16.2. The first kappa shape index (κ1) is 22.4. The molecular formula is C30H30N4O2. The van der Waals surface area contributed by atoms with Gasteiger partial charge >= 0.3 is 5.69 Å². The summed E-state index contributed by atoms with van der Waals surface area (Å²) in [5.74, 6) is 0.0826. The Kier molecular flexibility index (Phi) is 5.52. The lowest BCUT2D eigenvalue weighted by atomic mass is 10.0. The maximum atomic E-state index is 13.9. The van der Waals surface area contributed by atoms with Crippen LogP contribution in [0.4, 0.5) is 0 Å². The highest BCUT2D eigenvalue weighted by Crippen LogP contribution is 2.31. The zero-order chi connectivity index (χ0) is 24.8. The molecular weight excluding hydrogens is 448 g/mol. The number of carbonyl (C=O) groups excluding carboxylic acids is 1. The number of nitrogens with zero attached hydrogens (tertiary/aromatic N) is 4. The molecule has 0 radical (unpaired) electrons. The van der Waals surface area contributed by atoms with Crippen LogP contribution in [0.5, 0.6) is 0 Å². The van der Waals surface area contributed by atoms with Crippen molar-refractivity contribution in [1.29, 1.82) is 0 Å². The molecule has 6 heteroatoms. The van der Waals surface area contributed by atoms with Gasteiger partial charge < -0.3 is 9.47 Å². The van der Waals surface area contributed by atoms with Gasteiger partial charge in [-0.25, -0.2) is 4.79 Å². The smallest absolute Gasteiger partial charge is 0.329 e. The van der Waals surface area contributed by atoms with Gasteiger partial charge in [-0.1, -0.05) is 60.7 Å². The number of hydrogen-bond acceptors (Lipinski definition) is 2. The molecule has 3 heterocycles. The molecule has 5 aromatic rings. The van der Waals surface area contributed by atoms with E-state index in [2.05, 4.69) is 35.8 Å². The predicted octanol–water partition coefficient (Wildman–Crippen LogP) is 5.13. The summed E-state index contributed by atoms with van der Waals surface area (Å²) < 4.78 is 5.90. The standard InChI is InChI=1S/C30H30N4O2/c1-21-28(24-12-6-7-13-25(24)33(21)20-22-10-4-3-5-11-22)29(35)32-18-16-23(17-19-32)34-27-15-9-8-14-26(27)31(2)30(34)36/h3-15,23H,16-20H2,1-2H3. The molecule has 0 N–H and O–H groups in total. The fourth-order valence-electron chi connectivity index (χ4n) is 5.83. The first-order valence-electron chi connectivity index (χ1n) is 12.6. The molecule has 36 heavy (non-hydrogen) atoms. The van der Waals surface area contributed by atoms with E-state index in [0.29, 0.717) is 13.1 Å². The number of aromatic nitrogens is 3. The molecule has 1 aliphatic rings. The second-order valence-electron chi connectivity index (χ2n) is 9.77. The van der Waals surface area contributed by atoms with E-state index in [4.69, 9.17) is 0 Å². The number of amides is 1. The molecule has 6 nitrogen and oxygen atoms in total. The summed E-state index contributed by atoms with van der Waals surface area (Å²) in [7, 11) is 1.83. The lowest BCUT2D eigenvalue weighted by molar-refractivity contribution is 0.0695. The predicted molar refractivity (Wildman–Crippen MR) is 144 cm³/mol. The first-order chi connectivity index (χ1) is 17.5. The molecule has 1 aliphatic heterocycles. The van der Waals surface area contributed by atoms with Gasteiger partial charge in [-0.2, -0.15) is 0 Å². The molecule has 0 atom stereocenters. The van der Waals surface area contributed by atoms with E-state index in [9.17, 15) is 9.59 Å².